The average Bonchev–Trinajstić information content (AvgIpc) is 2.64. The molecule has 0 aliphatic heterocycles. The van der Waals surface area contributed by atoms with E-state index in [9.17, 15) is 4.79 Å². The van der Waals surface area contributed by atoms with Gasteiger partial charge in [-0.05, 0) is 39.4 Å². The number of hydrogen-bond acceptors (Lipinski definition) is 2. The van der Waals surface area contributed by atoms with Gasteiger partial charge in [-0.15, -0.1) is 0 Å². The zero-order valence-corrected chi connectivity index (χ0v) is 15.6. The van der Waals surface area contributed by atoms with Crippen LogP contribution in [0.25, 0.3) is 10.8 Å². The van der Waals surface area contributed by atoms with E-state index in [2.05, 4.69) is 44.3 Å². The first-order valence-electron chi connectivity index (χ1n) is 8.90. The number of hydrogen-bond donors (Lipinski definition) is 1. The molecule has 26 heavy (non-hydrogen) atoms. The van der Waals surface area contributed by atoms with Gasteiger partial charge in [-0.2, -0.15) is 0 Å². The second kappa shape index (κ2) is 7.61. The number of carbonyl (C=O) groups excluding carboxylic acids is 1. The Hall–Kier alpha value is -2.81. The fourth-order valence-corrected chi connectivity index (χ4v) is 2.89. The fourth-order valence-electron chi connectivity index (χ4n) is 2.89. The standard InChI is InChI=1S/C23H25NO2/c1-23(2,3)19-11-13-20(14-12-19)26-16-22(25)24-15-18-9-6-8-17-7-4-5-10-21(17)18/h4-14H,15-16H2,1-3H3,(H,24,25). The van der Waals surface area contributed by atoms with Gasteiger partial charge in [-0.25, -0.2) is 0 Å². The third-order valence-electron chi connectivity index (χ3n) is 4.45. The van der Waals surface area contributed by atoms with Gasteiger partial charge in [-0.1, -0.05) is 75.4 Å². The van der Waals surface area contributed by atoms with Crippen LogP contribution in [0, 0.1) is 0 Å². The van der Waals surface area contributed by atoms with Crippen LogP contribution < -0.4 is 10.1 Å². The number of amides is 1. The maximum atomic E-state index is 12.1. The van der Waals surface area contributed by atoms with Crippen LogP contribution in [0.2, 0.25) is 0 Å². The Kier molecular flexibility index (Phi) is 5.27. The van der Waals surface area contributed by atoms with Gasteiger partial charge in [0.2, 0.25) is 0 Å². The molecule has 3 heteroatoms. The summed E-state index contributed by atoms with van der Waals surface area (Å²) in [6.07, 6.45) is 0. The molecule has 0 radical (unpaired) electrons. The molecule has 0 aromatic heterocycles. The Morgan fingerprint density at radius 1 is 0.923 bits per heavy atom. The molecule has 0 fully saturated rings. The number of fused-ring (bicyclic) bond motifs is 1. The molecule has 1 N–H and O–H groups in total. The van der Waals surface area contributed by atoms with Crippen molar-refractivity contribution in [1.29, 1.82) is 0 Å². The fraction of sp³-hybridized carbons (Fsp3) is 0.261. The first kappa shape index (κ1) is 18.0. The smallest absolute Gasteiger partial charge is 0.258 e. The van der Waals surface area contributed by atoms with E-state index >= 15 is 0 Å². The van der Waals surface area contributed by atoms with E-state index in [-0.39, 0.29) is 17.9 Å². The van der Waals surface area contributed by atoms with E-state index in [0.29, 0.717) is 12.3 Å². The van der Waals surface area contributed by atoms with Crippen molar-refractivity contribution in [3.05, 3.63) is 77.9 Å². The van der Waals surface area contributed by atoms with E-state index in [1.165, 1.54) is 10.9 Å². The van der Waals surface area contributed by atoms with Crippen molar-refractivity contribution in [2.75, 3.05) is 6.61 Å². The van der Waals surface area contributed by atoms with Crippen LogP contribution >= 0.6 is 0 Å². The third-order valence-corrected chi connectivity index (χ3v) is 4.45. The molecule has 3 rings (SSSR count). The number of ether oxygens (including phenoxy) is 1. The Morgan fingerprint density at radius 2 is 1.62 bits per heavy atom. The summed E-state index contributed by atoms with van der Waals surface area (Å²) in [4.78, 5) is 12.1. The Bertz CT molecular complexity index is 887. The summed E-state index contributed by atoms with van der Waals surface area (Å²) in [5, 5.41) is 5.27. The predicted molar refractivity (Wildman–Crippen MR) is 106 cm³/mol. The topological polar surface area (TPSA) is 38.3 Å². The molecule has 3 aromatic rings. The van der Waals surface area contributed by atoms with Crippen LogP contribution in [-0.4, -0.2) is 12.5 Å². The van der Waals surface area contributed by atoms with Gasteiger partial charge in [-0.3, -0.25) is 4.79 Å². The largest absolute Gasteiger partial charge is 0.484 e. The summed E-state index contributed by atoms with van der Waals surface area (Å²) in [5.74, 6) is 0.580. The molecule has 0 spiro atoms. The minimum atomic E-state index is -0.127. The van der Waals surface area contributed by atoms with Gasteiger partial charge < -0.3 is 10.1 Å². The summed E-state index contributed by atoms with van der Waals surface area (Å²) in [7, 11) is 0. The molecule has 3 aromatic carbocycles. The molecule has 0 heterocycles. The second-order valence-electron chi connectivity index (χ2n) is 7.48. The van der Waals surface area contributed by atoms with Gasteiger partial charge in [0, 0.05) is 6.54 Å². The van der Waals surface area contributed by atoms with E-state index in [1.807, 2.05) is 48.5 Å². The molecule has 0 atom stereocenters. The van der Waals surface area contributed by atoms with Crippen molar-refractivity contribution in [2.24, 2.45) is 0 Å². The van der Waals surface area contributed by atoms with Crippen LogP contribution in [0.1, 0.15) is 31.9 Å². The van der Waals surface area contributed by atoms with Crippen molar-refractivity contribution in [2.45, 2.75) is 32.7 Å². The summed E-state index contributed by atoms with van der Waals surface area (Å²) in [6.45, 7) is 7.02. The molecule has 1 amide bonds. The molecular formula is C23H25NO2. The first-order valence-corrected chi connectivity index (χ1v) is 8.90. The normalized spacial score (nSPS) is 11.3. The molecule has 0 aliphatic carbocycles. The van der Waals surface area contributed by atoms with Crippen LogP contribution in [-0.2, 0) is 16.8 Å². The Morgan fingerprint density at radius 3 is 2.35 bits per heavy atom. The monoisotopic (exact) mass is 347 g/mol. The van der Waals surface area contributed by atoms with Crippen LogP contribution in [0.4, 0.5) is 0 Å². The average molecular weight is 347 g/mol. The van der Waals surface area contributed by atoms with Crippen molar-refractivity contribution >= 4 is 16.7 Å². The van der Waals surface area contributed by atoms with Gasteiger partial charge in [0.25, 0.3) is 5.91 Å². The maximum Gasteiger partial charge on any atom is 0.258 e. The van der Waals surface area contributed by atoms with Gasteiger partial charge >= 0.3 is 0 Å². The van der Waals surface area contributed by atoms with E-state index in [1.54, 1.807) is 0 Å². The highest BCUT2D eigenvalue weighted by molar-refractivity contribution is 5.86. The zero-order valence-electron chi connectivity index (χ0n) is 15.6. The molecule has 134 valence electrons. The second-order valence-corrected chi connectivity index (χ2v) is 7.48. The molecule has 0 unspecified atom stereocenters. The lowest BCUT2D eigenvalue weighted by Gasteiger charge is -2.19. The van der Waals surface area contributed by atoms with Crippen LogP contribution in [0.5, 0.6) is 5.75 Å². The Balaban J connectivity index is 1.54. The predicted octanol–water partition coefficient (Wildman–Crippen LogP) is 4.83. The summed E-state index contributed by atoms with van der Waals surface area (Å²) in [5.41, 5.74) is 2.45. The van der Waals surface area contributed by atoms with E-state index in [0.717, 1.165) is 10.9 Å². The SMILES string of the molecule is CC(C)(C)c1ccc(OCC(=O)NCc2cccc3ccccc23)cc1. The highest BCUT2D eigenvalue weighted by Crippen LogP contribution is 2.24. The van der Waals surface area contributed by atoms with E-state index < -0.39 is 0 Å². The van der Waals surface area contributed by atoms with E-state index in [4.69, 9.17) is 4.74 Å². The summed E-state index contributed by atoms with van der Waals surface area (Å²) >= 11 is 0. The Labute approximate surface area is 155 Å². The molecular weight excluding hydrogens is 322 g/mol. The maximum absolute atomic E-state index is 12.1. The minimum Gasteiger partial charge on any atom is -0.484 e. The first-order chi connectivity index (χ1) is 12.4. The zero-order chi connectivity index (χ0) is 18.6. The molecule has 3 nitrogen and oxygen atoms in total. The van der Waals surface area contributed by atoms with Crippen molar-refractivity contribution in [3.8, 4) is 5.75 Å². The number of benzene rings is 3. The lowest BCUT2D eigenvalue weighted by Crippen LogP contribution is -2.28. The highest BCUT2D eigenvalue weighted by Gasteiger charge is 2.13. The number of rotatable bonds is 5. The van der Waals surface area contributed by atoms with Crippen molar-refractivity contribution in [1.82, 2.24) is 5.32 Å². The van der Waals surface area contributed by atoms with Crippen LogP contribution in [0.3, 0.4) is 0 Å². The van der Waals surface area contributed by atoms with Gasteiger partial charge in [0.05, 0.1) is 0 Å². The number of carbonyl (C=O) groups is 1. The number of nitrogens with one attached hydrogen (secondary N) is 1. The summed E-state index contributed by atoms with van der Waals surface area (Å²) < 4.78 is 5.60. The minimum absolute atomic E-state index is 0.0135. The van der Waals surface area contributed by atoms with Crippen LogP contribution in [0.15, 0.2) is 66.7 Å². The van der Waals surface area contributed by atoms with Crippen molar-refractivity contribution in [3.63, 3.8) is 0 Å². The lowest BCUT2D eigenvalue weighted by atomic mass is 9.87. The molecule has 0 bridgehead atoms. The van der Waals surface area contributed by atoms with Gasteiger partial charge in [0.1, 0.15) is 5.75 Å². The molecule has 0 aliphatic rings. The quantitative estimate of drug-likeness (QED) is 0.718. The highest BCUT2D eigenvalue weighted by atomic mass is 16.5. The van der Waals surface area contributed by atoms with Gasteiger partial charge in [0.15, 0.2) is 6.61 Å². The molecule has 0 saturated carbocycles. The molecule has 0 saturated heterocycles. The lowest BCUT2D eigenvalue weighted by molar-refractivity contribution is -0.123. The third kappa shape index (κ3) is 4.42. The summed E-state index contributed by atoms with van der Waals surface area (Å²) in [6, 6.07) is 22.2. The van der Waals surface area contributed by atoms with Crippen molar-refractivity contribution < 1.29 is 9.53 Å².